The summed E-state index contributed by atoms with van der Waals surface area (Å²) in [7, 11) is 1.82. The number of fused-ring (bicyclic) bond motifs is 4. The van der Waals surface area contributed by atoms with E-state index < -0.39 is 30.0 Å². The maximum atomic E-state index is 15.0. The van der Waals surface area contributed by atoms with Crippen molar-refractivity contribution in [3.8, 4) is 22.5 Å². The molecule has 2 amide bonds. The lowest BCUT2D eigenvalue weighted by Crippen LogP contribution is -2.74. The normalized spacial score (nSPS) is 22.0. The number of piperidine rings is 1. The number of aromatic nitrogens is 3. The summed E-state index contributed by atoms with van der Waals surface area (Å²) in [6.45, 7) is 10.8. The summed E-state index contributed by atoms with van der Waals surface area (Å²) in [5, 5.41) is 4.68. The number of aryl methyl sites for hydroxylation is 1. The summed E-state index contributed by atoms with van der Waals surface area (Å²) >= 11 is 6.42. The van der Waals surface area contributed by atoms with E-state index in [1.165, 1.54) is 11.1 Å². The van der Waals surface area contributed by atoms with Gasteiger partial charge in [-0.1, -0.05) is 17.7 Å². The molecule has 10 rings (SSSR count). The number of esters is 2. The van der Waals surface area contributed by atoms with Gasteiger partial charge in [0, 0.05) is 94.8 Å². The number of carbonyl (C=O) groups excluding carboxylic acids is 5. The molecule has 83 heavy (non-hydrogen) atoms. The molecule has 2 aromatic carbocycles. The molecular formula is C56H75ClFN13O12. The van der Waals surface area contributed by atoms with Crippen LogP contribution in [-0.2, 0) is 57.2 Å². The summed E-state index contributed by atoms with van der Waals surface area (Å²) < 4.78 is 48.9. The number of ether oxygens (including phenoxy) is 6. The van der Waals surface area contributed by atoms with Crippen molar-refractivity contribution < 1.29 is 61.6 Å². The van der Waals surface area contributed by atoms with E-state index in [0.717, 1.165) is 57.6 Å². The Hall–Kier alpha value is -6.17. The van der Waals surface area contributed by atoms with Crippen LogP contribution in [0, 0.1) is 12.7 Å². The SMILES string of the molecule is Cc1cc(F)cc(-c2cnc(N3CCN(C(=O)CCOCCOCCOCCOCCNC(=O)CN(C)CCN4CCN5CC(=O)OC56CN5CC(=O)OC(C5)N6OC(=O)C4)CC3)c(-c3nc4ccc(Cl)cc4[nH]3)c2N2CCC(N)CC2)c1. The largest absolute Gasteiger partial charge is 0.441 e. The monoisotopic (exact) mass is 1180 g/mol. The smallest absolute Gasteiger partial charge is 0.339 e. The Morgan fingerprint density at radius 1 is 0.867 bits per heavy atom. The number of likely N-dealkylation sites (N-methyl/N-ethyl adjacent to an activating group) is 1. The Bertz CT molecular complexity index is 2930. The number of carbonyl (C=O) groups is 5. The van der Waals surface area contributed by atoms with Gasteiger partial charge in [0.25, 0.3) is 5.85 Å². The molecule has 6 aliphatic heterocycles. The van der Waals surface area contributed by atoms with Gasteiger partial charge in [0.1, 0.15) is 24.0 Å². The predicted molar refractivity (Wildman–Crippen MR) is 302 cm³/mol. The molecule has 27 heteroatoms. The van der Waals surface area contributed by atoms with Crippen molar-refractivity contribution in [2.75, 3.05) is 181 Å². The van der Waals surface area contributed by atoms with Crippen LogP contribution in [-0.4, -0.2) is 264 Å². The number of pyridine rings is 1. The van der Waals surface area contributed by atoms with Gasteiger partial charge >= 0.3 is 17.9 Å². The highest BCUT2D eigenvalue weighted by Gasteiger charge is 2.62. The minimum atomic E-state index is -1.38. The number of benzene rings is 2. The fraction of sp³-hybridized carbons (Fsp3) is 0.589. The number of piperazine rings is 2. The van der Waals surface area contributed by atoms with Crippen LogP contribution in [0.1, 0.15) is 24.8 Å². The topological polar surface area (TPSA) is 256 Å². The molecule has 6 saturated heterocycles. The van der Waals surface area contributed by atoms with Crippen molar-refractivity contribution >= 4 is 63.9 Å². The van der Waals surface area contributed by atoms with E-state index in [1.54, 1.807) is 6.07 Å². The molecule has 0 saturated carbocycles. The number of hydrogen-bond donors (Lipinski definition) is 3. The first kappa shape index (κ1) is 60.0. The van der Waals surface area contributed by atoms with E-state index in [2.05, 4.69) is 20.1 Å². The zero-order valence-corrected chi connectivity index (χ0v) is 48.0. The second-order valence-corrected chi connectivity index (χ2v) is 22.2. The minimum absolute atomic E-state index is 0.000518. The van der Waals surface area contributed by atoms with Crippen LogP contribution in [0.3, 0.4) is 0 Å². The second-order valence-electron chi connectivity index (χ2n) is 21.8. The van der Waals surface area contributed by atoms with Crippen molar-refractivity contribution in [3.05, 3.63) is 59.0 Å². The highest BCUT2D eigenvalue weighted by molar-refractivity contribution is 6.31. The number of nitrogens with zero attached hydrogens (tertiary/aromatic N) is 10. The van der Waals surface area contributed by atoms with Gasteiger partial charge in [0.05, 0.1) is 114 Å². The first-order valence-electron chi connectivity index (χ1n) is 28.5. The molecule has 4 N–H and O–H groups in total. The number of imidazole rings is 1. The van der Waals surface area contributed by atoms with Crippen LogP contribution in [0.2, 0.25) is 5.02 Å². The molecule has 450 valence electrons. The Morgan fingerprint density at radius 2 is 1.60 bits per heavy atom. The van der Waals surface area contributed by atoms with Crippen molar-refractivity contribution in [1.29, 1.82) is 0 Å². The second kappa shape index (κ2) is 27.7. The standard InChI is InChI=1S/C56H75ClFN13O12/c1-38-27-39(29-41(58)28-38)43-31-61-55(52(53(43)68-9-5-42(59)6-10-68)54-62-44-4-3-40(57)30-45(44)63-54)69-16-14-67(15-17-69)47(73)7-19-77-21-23-79-25-26-80-24-22-78-20-8-60-46(72)32-64(2)11-12-65-13-18-70-36-50(75)82-56(70)37-66-33-48(81-49(74)34-66)71(56)83-51(76)35-65/h3-4,27-31,42,48H,5-26,32-37,59H2,1-2H3,(H,60,72)(H,62,63). The van der Waals surface area contributed by atoms with Gasteiger partial charge in [-0.05, 0) is 73.3 Å². The van der Waals surface area contributed by atoms with Gasteiger partial charge in [-0.3, -0.25) is 33.9 Å². The average Bonchev–Trinajstić information content (AvgIpc) is 4.29. The number of halogens is 2. The molecule has 2 bridgehead atoms. The molecule has 1 spiro atoms. The van der Waals surface area contributed by atoms with E-state index in [9.17, 15) is 24.0 Å². The summed E-state index contributed by atoms with van der Waals surface area (Å²) in [5.74, 6) is -2.00. The fourth-order valence-electron chi connectivity index (χ4n) is 11.4. The molecule has 3 unspecified atom stereocenters. The molecule has 4 aromatic rings. The molecule has 25 nitrogen and oxygen atoms in total. The van der Waals surface area contributed by atoms with E-state index in [4.69, 9.17) is 60.6 Å². The third-order valence-electron chi connectivity index (χ3n) is 15.6. The van der Waals surface area contributed by atoms with Gasteiger partial charge in [0.2, 0.25) is 18.0 Å². The number of rotatable bonds is 24. The highest BCUT2D eigenvalue weighted by Crippen LogP contribution is 2.45. The Labute approximate surface area is 486 Å². The minimum Gasteiger partial charge on any atom is -0.441 e. The number of morpholine rings is 1. The van der Waals surface area contributed by atoms with Crippen LogP contribution in [0.4, 0.5) is 15.9 Å². The Balaban J connectivity index is 0.583. The molecule has 3 atom stereocenters. The number of nitrogens with one attached hydrogen (secondary N) is 2. The number of hydrogen-bond acceptors (Lipinski definition) is 22. The average molecular weight is 1180 g/mol. The van der Waals surface area contributed by atoms with Gasteiger partial charge < -0.3 is 64.0 Å². The van der Waals surface area contributed by atoms with E-state index >= 15 is 4.39 Å². The quantitative estimate of drug-likeness (QED) is 0.0659. The number of aromatic amines is 1. The van der Waals surface area contributed by atoms with Gasteiger partial charge in [-0.2, -0.15) is 0 Å². The molecule has 6 aliphatic rings. The zero-order valence-electron chi connectivity index (χ0n) is 47.2. The highest BCUT2D eigenvalue weighted by atomic mass is 35.5. The van der Waals surface area contributed by atoms with Crippen LogP contribution in [0.25, 0.3) is 33.5 Å². The first-order valence-corrected chi connectivity index (χ1v) is 28.9. The summed E-state index contributed by atoms with van der Waals surface area (Å²) in [4.78, 5) is 97.1. The van der Waals surface area contributed by atoms with Gasteiger partial charge in [0.15, 0.2) is 0 Å². The molecule has 0 aliphatic carbocycles. The van der Waals surface area contributed by atoms with Crippen LogP contribution < -0.4 is 20.9 Å². The lowest BCUT2D eigenvalue weighted by atomic mass is 9.96. The Kier molecular flexibility index (Phi) is 20.0. The number of hydroxylamine groups is 2. The third-order valence-corrected chi connectivity index (χ3v) is 15.8. The maximum absolute atomic E-state index is 15.0. The number of H-pyrrole nitrogens is 1. The van der Waals surface area contributed by atoms with Crippen LogP contribution in [0.15, 0.2) is 42.6 Å². The summed E-state index contributed by atoms with van der Waals surface area (Å²) in [6.07, 6.45) is 2.77. The van der Waals surface area contributed by atoms with Crippen molar-refractivity contribution in [3.63, 3.8) is 0 Å². The van der Waals surface area contributed by atoms with Gasteiger partial charge in [-0.25, -0.2) is 24.1 Å². The lowest BCUT2D eigenvalue weighted by molar-refractivity contribution is -0.383. The Morgan fingerprint density at radius 3 is 2.35 bits per heavy atom. The van der Waals surface area contributed by atoms with E-state index in [1.807, 2.05) is 68.9 Å². The maximum Gasteiger partial charge on any atom is 0.339 e. The molecular weight excluding hydrogens is 1100 g/mol. The summed E-state index contributed by atoms with van der Waals surface area (Å²) in [6, 6.07) is 10.7. The number of amides is 2. The fourth-order valence-corrected chi connectivity index (χ4v) is 11.6. The lowest BCUT2D eigenvalue weighted by Gasteiger charge is -2.52. The van der Waals surface area contributed by atoms with Crippen LogP contribution >= 0.6 is 11.6 Å². The molecule has 8 heterocycles. The number of nitrogens with two attached hydrogens (primary N) is 1. The van der Waals surface area contributed by atoms with E-state index in [-0.39, 0.29) is 69.4 Å². The van der Waals surface area contributed by atoms with Crippen LogP contribution in [0.5, 0.6) is 0 Å². The van der Waals surface area contributed by atoms with E-state index in [0.29, 0.717) is 136 Å². The molecule has 0 radical (unpaired) electrons. The third kappa shape index (κ3) is 15.0. The molecule has 6 fully saturated rings. The zero-order chi connectivity index (χ0) is 58.0. The van der Waals surface area contributed by atoms with Crippen molar-refractivity contribution in [2.45, 2.75) is 44.3 Å². The predicted octanol–water partition coefficient (Wildman–Crippen LogP) is 1.26. The van der Waals surface area contributed by atoms with Gasteiger partial charge in [-0.15, -0.1) is 0 Å². The summed E-state index contributed by atoms with van der Waals surface area (Å²) in [5.41, 5.74) is 12.0. The molecule has 2 aromatic heterocycles. The van der Waals surface area contributed by atoms with Crippen molar-refractivity contribution in [1.82, 2.24) is 49.8 Å². The first-order chi connectivity index (χ1) is 40.2. The number of anilines is 2. The van der Waals surface area contributed by atoms with Crippen molar-refractivity contribution in [2.24, 2.45) is 5.73 Å².